The molecule has 0 amide bonds. The summed E-state index contributed by atoms with van der Waals surface area (Å²) in [5.41, 5.74) is 0.543. The van der Waals surface area contributed by atoms with Crippen molar-refractivity contribution in [3.05, 3.63) is 98.8 Å². The number of ether oxygens (including phenoxy) is 2. The van der Waals surface area contributed by atoms with E-state index in [-0.39, 0.29) is 31.2 Å². The first-order valence-electron chi connectivity index (χ1n) is 9.67. The van der Waals surface area contributed by atoms with Gasteiger partial charge in [0.05, 0.1) is 18.6 Å². The molecule has 1 aliphatic rings. The maximum atomic E-state index is 13.3. The first kappa shape index (κ1) is 18.8. The Morgan fingerprint density at radius 1 is 0.935 bits per heavy atom. The summed E-state index contributed by atoms with van der Waals surface area (Å²) in [5.74, 6) is 0.937. The highest BCUT2D eigenvalue weighted by Gasteiger charge is 2.19. The Balaban J connectivity index is 1.61. The zero-order valence-electron chi connectivity index (χ0n) is 16.4. The van der Waals surface area contributed by atoms with E-state index in [0.29, 0.717) is 28.1 Å². The highest BCUT2D eigenvalue weighted by Crippen LogP contribution is 2.32. The number of hydrogen-bond donors (Lipinski definition) is 0. The first-order valence-corrected chi connectivity index (χ1v) is 9.67. The summed E-state index contributed by atoms with van der Waals surface area (Å²) in [5, 5.41) is 0. The van der Waals surface area contributed by atoms with Gasteiger partial charge in [0.2, 0.25) is 6.79 Å². The minimum absolute atomic E-state index is 0.0142. The van der Waals surface area contributed by atoms with Crippen LogP contribution in [-0.2, 0) is 13.1 Å². The molecule has 8 heteroatoms. The van der Waals surface area contributed by atoms with E-state index in [2.05, 4.69) is 4.98 Å². The molecule has 4 aromatic rings. The van der Waals surface area contributed by atoms with Crippen molar-refractivity contribution in [1.82, 2.24) is 14.1 Å². The predicted molar refractivity (Wildman–Crippen MR) is 113 cm³/mol. The molecule has 0 aliphatic carbocycles. The maximum Gasteiger partial charge on any atom is 0.332 e. The number of Topliss-reactive ketones (excluding diaryl/α,β-unsaturated/α-hetero) is 1. The molecule has 0 radical (unpaired) electrons. The molecule has 0 bridgehead atoms. The standard InChI is InChI=1S/C23H17N3O5/c27-18(16-5-2-1-3-6-16)13-25-17-7-4-10-24-21(17)22(28)26(23(25)29)12-15-8-9-19-20(11-15)31-14-30-19/h1-11H,12-14H2. The molecule has 0 N–H and O–H groups in total. The van der Waals surface area contributed by atoms with Gasteiger partial charge in [-0.2, -0.15) is 0 Å². The average Bonchev–Trinajstić information content (AvgIpc) is 3.28. The van der Waals surface area contributed by atoms with Gasteiger partial charge in [0.15, 0.2) is 22.8 Å². The fourth-order valence-electron chi connectivity index (χ4n) is 3.62. The molecule has 154 valence electrons. The van der Waals surface area contributed by atoms with Crippen LogP contribution >= 0.6 is 0 Å². The highest BCUT2D eigenvalue weighted by molar-refractivity contribution is 5.96. The molecule has 0 unspecified atom stereocenters. The van der Waals surface area contributed by atoms with Crippen LogP contribution in [0.1, 0.15) is 15.9 Å². The lowest BCUT2D eigenvalue weighted by atomic mass is 10.1. The highest BCUT2D eigenvalue weighted by atomic mass is 16.7. The lowest BCUT2D eigenvalue weighted by molar-refractivity contribution is 0.0971. The van der Waals surface area contributed by atoms with Crippen molar-refractivity contribution in [2.75, 3.05) is 6.79 Å². The summed E-state index contributed by atoms with van der Waals surface area (Å²) in [6.07, 6.45) is 1.49. The Hall–Kier alpha value is -4.20. The van der Waals surface area contributed by atoms with Gasteiger partial charge < -0.3 is 9.47 Å². The number of ketones is 1. The van der Waals surface area contributed by atoms with E-state index >= 15 is 0 Å². The van der Waals surface area contributed by atoms with Crippen molar-refractivity contribution < 1.29 is 14.3 Å². The molecule has 2 aromatic heterocycles. The third kappa shape index (κ3) is 3.38. The molecule has 1 aliphatic heterocycles. The van der Waals surface area contributed by atoms with Crippen LogP contribution in [0.3, 0.4) is 0 Å². The molecule has 0 fully saturated rings. The zero-order chi connectivity index (χ0) is 21.4. The Morgan fingerprint density at radius 2 is 1.74 bits per heavy atom. The Morgan fingerprint density at radius 3 is 2.58 bits per heavy atom. The van der Waals surface area contributed by atoms with Gasteiger partial charge in [0.25, 0.3) is 5.56 Å². The molecule has 0 saturated heterocycles. The SMILES string of the molecule is O=C(Cn1c(=O)n(Cc2ccc3c(c2)OCO3)c(=O)c2ncccc21)c1ccccc1. The number of carbonyl (C=O) groups is 1. The predicted octanol–water partition coefficient (Wildman–Crippen LogP) is 2.22. The fourth-order valence-corrected chi connectivity index (χ4v) is 3.62. The van der Waals surface area contributed by atoms with Gasteiger partial charge in [0.1, 0.15) is 0 Å². The van der Waals surface area contributed by atoms with Crippen molar-refractivity contribution in [2.45, 2.75) is 13.1 Å². The van der Waals surface area contributed by atoms with E-state index in [0.717, 1.165) is 4.57 Å². The van der Waals surface area contributed by atoms with Crippen LogP contribution in [0, 0.1) is 0 Å². The number of benzene rings is 2. The van der Waals surface area contributed by atoms with Crippen molar-refractivity contribution in [2.24, 2.45) is 0 Å². The molecule has 3 heterocycles. The maximum absolute atomic E-state index is 13.3. The van der Waals surface area contributed by atoms with Gasteiger partial charge >= 0.3 is 5.69 Å². The molecule has 0 saturated carbocycles. The van der Waals surface area contributed by atoms with Gasteiger partial charge in [-0.15, -0.1) is 0 Å². The smallest absolute Gasteiger partial charge is 0.332 e. The quantitative estimate of drug-likeness (QED) is 0.464. The molecule has 8 nitrogen and oxygen atoms in total. The van der Waals surface area contributed by atoms with Crippen LogP contribution in [0.4, 0.5) is 0 Å². The van der Waals surface area contributed by atoms with Crippen LogP contribution in [0.15, 0.2) is 76.4 Å². The minimum atomic E-state index is -0.576. The largest absolute Gasteiger partial charge is 0.454 e. The van der Waals surface area contributed by atoms with E-state index in [1.54, 1.807) is 54.6 Å². The number of aromatic nitrogens is 3. The van der Waals surface area contributed by atoms with E-state index < -0.39 is 11.2 Å². The van der Waals surface area contributed by atoms with Crippen LogP contribution in [-0.4, -0.2) is 26.7 Å². The van der Waals surface area contributed by atoms with Crippen molar-refractivity contribution in [3.63, 3.8) is 0 Å². The van der Waals surface area contributed by atoms with E-state index in [4.69, 9.17) is 9.47 Å². The Kier molecular flexibility index (Phi) is 4.59. The van der Waals surface area contributed by atoms with Crippen molar-refractivity contribution in [3.8, 4) is 11.5 Å². The lowest BCUT2D eigenvalue weighted by Gasteiger charge is -2.13. The number of hydrogen-bond acceptors (Lipinski definition) is 6. The molecule has 0 atom stereocenters. The fraction of sp³-hybridized carbons (Fsp3) is 0.130. The summed E-state index contributed by atoms with van der Waals surface area (Å²) >= 11 is 0. The first-order chi connectivity index (χ1) is 15.1. The molecule has 0 spiro atoms. The summed E-state index contributed by atoms with van der Waals surface area (Å²) in [4.78, 5) is 43.3. The normalized spacial score (nSPS) is 12.3. The van der Waals surface area contributed by atoms with Crippen LogP contribution < -0.4 is 20.7 Å². The second-order valence-electron chi connectivity index (χ2n) is 7.11. The van der Waals surface area contributed by atoms with Crippen LogP contribution in [0.2, 0.25) is 0 Å². The third-order valence-electron chi connectivity index (χ3n) is 5.16. The second kappa shape index (κ2) is 7.56. The summed E-state index contributed by atoms with van der Waals surface area (Å²) in [6, 6.07) is 17.2. The van der Waals surface area contributed by atoms with Crippen molar-refractivity contribution in [1.29, 1.82) is 0 Å². The molecular weight excluding hydrogens is 398 g/mol. The summed E-state index contributed by atoms with van der Waals surface area (Å²) in [7, 11) is 0. The summed E-state index contributed by atoms with van der Waals surface area (Å²) < 4.78 is 13.1. The Bertz CT molecular complexity index is 1420. The number of pyridine rings is 1. The summed E-state index contributed by atoms with van der Waals surface area (Å²) in [6.45, 7) is -0.0557. The molecular formula is C23H17N3O5. The van der Waals surface area contributed by atoms with Gasteiger partial charge in [-0.3, -0.25) is 18.7 Å². The van der Waals surface area contributed by atoms with Crippen LogP contribution in [0.25, 0.3) is 11.0 Å². The van der Waals surface area contributed by atoms with Gasteiger partial charge in [-0.25, -0.2) is 9.78 Å². The lowest BCUT2D eigenvalue weighted by Crippen LogP contribution is -2.41. The molecule has 31 heavy (non-hydrogen) atoms. The topological polar surface area (TPSA) is 92.4 Å². The number of nitrogens with zero attached hydrogens (tertiary/aromatic N) is 3. The van der Waals surface area contributed by atoms with Gasteiger partial charge in [0, 0.05) is 11.8 Å². The second-order valence-corrected chi connectivity index (χ2v) is 7.11. The monoisotopic (exact) mass is 415 g/mol. The van der Waals surface area contributed by atoms with Gasteiger partial charge in [-0.1, -0.05) is 36.4 Å². The zero-order valence-corrected chi connectivity index (χ0v) is 16.4. The minimum Gasteiger partial charge on any atom is -0.454 e. The number of rotatable bonds is 5. The number of fused-ring (bicyclic) bond motifs is 2. The van der Waals surface area contributed by atoms with Gasteiger partial charge in [-0.05, 0) is 29.8 Å². The number of carbonyl (C=O) groups excluding carboxylic acids is 1. The molecule has 2 aromatic carbocycles. The van der Waals surface area contributed by atoms with Crippen LogP contribution in [0.5, 0.6) is 11.5 Å². The third-order valence-corrected chi connectivity index (χ3v) is 5.16. The van der Waals surface area contributed by atoms with E-state index in [9.17, 15) is 14.4 Å². The van der Waals surface area contributed by atoms with E-state index in [1.165, 1.54) is 10.8 Å². The Labute approximate surface area is 175 Å². The van der Waals surface area contributed by atoms with Crippen molar-refractivity contribution >= 4 is 16.8 Å². The molecule has 5 rings (SSSR count). The average molecular weight is 415 g/mol. The van der Waals surface area contributed by atoms with E-state index in [1.807, 2.05) is 6.07 Å².